The molecule has 0 radical (unpaired) electrons. The predicted octanol–water partition coefficient (Wildman–Crippen LogP) is 1.12. The lowest BCUT2D eigenvalue weighted by molar-refractivity contribution is -0.139. The maximum absolute atomic E-state index is 11.0. The molecule has 1 N–H and O–H groups in total. The Kier molecular flexibility index (Phi) is 2.06. The molecule has 2 rings (SSSR count). The largest absolute Gasteiger partial charge is 0.481 e. The Morgan fingerprint density at radius 1 is 1.67 bits per heavy atom. The van der Waals surface area contributed by atoms with Gasteiger partial charge in [0.2, 0.25) is 0 Å². The van der Waals surface area contributed by atoms with E-state index in [9.17, 15) is 4.79 Å². The first-order valence-corrected chi connectivity index (χ1v) is 5.10. The van der Waals surface area contributed by atoms with Crippen molar-refractivity contribution >= 4 is 5.97 Å². The monoisotopic (exact) mass is 209 g/mol. The highest BCUT2D eigenvalue weighted by atomic mass is 16.4. The van der Waals surface area contributed by atoms with E-state index >= 15 is 0 Å². The van der Waals surface area contributed by atoms with Gasteiger partial charge in [0.15, 0.2) is 0 Å². The van der Waals surface area contributed by atoms with Crippen LogP contribution in [0.3, 0.4) is 0 Å². The van der Waals surface area contributed by atoms with E-state index in [2.05, 4.69) is 10.2 Å². The zero-order valence-corrected chi connectivity index (χ0v) is 9.14. The van der Waals surface area contributed by atoms with Gasteiger partial charge in [-0.1, -0.05) is 13.8 Å². The second kappa shape index (κ2) is 3.05. The van der Waals surface area contributed by atoms with Crippen LogP contribution in [0.2, 0.25) is 0 Å². The van der Waals surface area contributed by atoms with Gasteiger partial charge in [0.1, 0.15) is 12.2 Å². The number of aromatic nitrogens is 3. The number of carboxylic acids is 1. The maximum atomic E-state index is 11.0. The summed E-state index contributed by atoms with van der Waals surface area (Å²) in [6, 6.07) is 0. The van der Waals surface area contributed by atoms with Gasteiger partial charge in [-0.05, 0) is 12.3 Å². The molecule has 5 heteroatoms. The van der Waals surface area contributed by atoms with Crippen LogP contribution in [0.4, 0.5) is 0 Å². The molecule has 0 bridgehead atoms. The molecule has 1 aliphatic carbocycles. The number of hydrogen-bond donors (Lipinski definition) is 1. The topological polar surface area (TPSA) is 68.0 Å². The SMILES string of the molecule is CCn1cnnc1C1C(C(=O)O)C1(C)C. The molecule has 15 heavy (non-hydrogen) atoms. The molecule has 1 heterocycles. The Labute approximate surface area is 88.1 Å². The number of rotatable bonds is 3. The smallest absolute Gasteiger partial charge is 0.307 e. The molecule has 1 aliphatic rings. The molecule has 2 atom stereocenters. The highest BCUT2D eigenvalue weighted by molar-refractivity contribution is 5.77. The molecule has 0 saturated heterocycles. The van der Waals surface area contributed by atoms with E-state index in [1.807, 2.05) is 25.3 Å². The first-order valence-electron chi connectivity index (χ1n) is 5.10. The first kappa shape index (κ1) is 10.1. The van der Waals surface area contributed by atoms with Crippen LogP contribution in [0.1, 0.15) is 32.5 Å². The Balaban J connectivity index is 2.31. The Bertz CT molecular complexity index is 397. The van der Waals surface area contributed by atoms with Gasteiger partial charge in [-0.15, -0.1) is 10.2 Å². The number of carboxylic acid groups (broad SMARTS) is 1. The Morgan fingerprint density at radius 3 is 2.80 bits per heavy atom. The van der Waals surface area contributed by atoms with E-state index in [-0.39, 0.29) is 17.3 Å². The standard InChI is InChI=1S/C10H15N3O2/c1-4-13-5-11-12-8(13)6-7(9(14)15)10(6,2)3/h5-7H,4H2,1-3H3,(H,14,15). The molecular formula is C10H15N3O2. The average molecular weight is 209 g/mol. The molecule has 5 nitrogen and oxygen atoms in total. The van der Waals surface area contributed by atoms with Gasteiger partial charge in [-0.2, -0.15) is 0 Å². The molecular weight excluding hydrogens is 194 g/mol. The molecule has 0 amide bonds. The van der Waals surface area contributed by atoms with Crippen molar-refractivity contribution in [2.24, 2.45) is 11.3 Å². The van der Waals surface area contributed by atoms with Crippen molar-refractivity contribution < 1.29 is 9.90 Å². The zero-order chi connectivity index (χ0) is 11.2. The molecule has 0 aliphatic heterocycles. The number of aliphatic carboxylic acids is 1. The van der Waals surface area contributed by atoms with Crippen LogP contribution in [0.25, 0.3) is 0 Å². The number of hydrogen-bond acceptors (Lipinski definition) is 3. The summed E-state index contributed by atoms with van der Waals surface area (Å²) < 4.78 is 1.91. The number of carbonyl (C=O) groups is 1. The lowest BCUT2D eigenvalue weighted by Crippen LogP contribution is -2.04. The van der Waals surface area contributed by atoms with Crippen LogP contribution in [0.15, 0.2) is 6.33 Å². The summed E-state index contributed by atoms with van der Waals surface area (Å²) in [4.78, 5) is 11.0. The van der Waals surface area contributed by atoms with Crippen LogP contribution in [-0.4, -0.2) is 25.8 Å². The Morgan fingerprint density at radius 2 is 2.33 bits per heavy atom. The van der Waals surface area contributed by atoms with Crippen molar-refractivity contribution in [2.45, 2.75) is 33.2 Å². The van der Waals surface area contributed by atoms with E-state index in [1.54, 1.807) is 6.33 Å². The summed E-state index contributed by atoms with van der Waals surface area (Å²) in [5.41, 5.74) is -0.203. The fourth-order valence-corrected chi connectivity index (χ4v) is 2.33. The van der Waals surface area contributed by atoms with Crippen molar-refractivity contribution in [2.75, 3.05) is 0 Å². The van der Waals surface area contributed by atoms with Crippen LogP contribution >= 0.6 is 0 Å². The minimum atomic E-state index is -0.740. The molecule has 2 unspecified atom stereocenters. The predicted molar refractivity (Wildman–Crippen MR) is 53.3 cm³/mol. The van der Waals surface area contributed by atoms with Crippen molar-refractivity contribution in [1.82, 2.24) is 14.8 Å². The van der Waals surface area contributed by atoms with Gasteiger partial charge in [0.25, 0.3) is 0 Å². The molecule has 0 spiro atoms. The molecule has 0 aromatic carbocycles. The van der Waals surface area contributed by atoms with Gasteiger partial charge in [0.05, 0.1) is 5.92 Å². The van der Waals surface area contributed by atoms with Gasteiger partial charge >= 0.3 is 5.97 Å². The van der Waals surface area contributed by atoms with Crippen LogP contribution in [0, 0.1) is 11.3 Å². The highest BCUT2D eigenvalue weighted by Gasteiger charge is 2.64. The lowest BCUT2D eigenvalue weighted by atomic mass is 10.1. The number of aryl methyl sites for hydroxylation is 1. The molecule has 1 aromatic heterocycles. The van der Waals surface area contributed by atoms with Crippen LogP contribution in [0.5, 0.6) is 0 Å². The Hall–Kier alpha value is -1.39. The summed E-state index contributed by atoms with van der Waals surface area (Å²) in [7, 11) is 0. The van der Waals surface area contributed by atoms with Crippen LogP contribution < -0.4 is 0 Å². The number of nitrogens with zero attached hydrogens (tertiary/aromatic N) is 3. The molecule has 82 valence electrons. The zero-order valence-electron chi connectivity index (χ0n) is 9.14. The summed E-state index contributed by atoms with van der Waals surface area (Å²) in [5, 5.41) is 16.9. The van der Waals surface area contributed by atoms with Gasteiger partial charge in [-0.25, -0.2) is 0 Å². The summed E-state index contributed by atoms with van der Waals surface area (Å²) >= 11 is 0. The first-order chi connectivity index (χ1) is 7.00. The van der Waals surface area contributed by atoms with Gasteiger partial charge in [0, 0.05) is 12.5 Å². The van der Waals surface area contributed by atoms with E-state index in [0.29, 0.717) is 0 Å². The van der Waals surface area contributed by atoms with Crippen molar-refractivity contribution in [1.29, 1.82) is 0 Å². The fourth-order valence-electron chi connectivity index (χ4n) is 2.33. The molecule has 1 aromatic rings. The second-order valence-corrected chi connectivity index (χ2v) is 4.59. The van der Waals surface area contributed by atoms with Crippen LogP contribution in [-0.2, 0) is 11.3 Å². The van der Waals surface area contributed by atoms with Crippen molar-refractivity contribution in [3.63, 3.8) is 0 Å². The minimum Gasteiger partial charge on any atom is -0.481 e. The van der Waals surface area contributed by atoms with Gasteiger partial charge < -0.3 is 9.67 Å². The third-order valence-electron chi connectivity index (χ3n) is 3.36. The summed E-state index contributed by atoms with van der Waals surface area (Å²) in [6.07, 6.45) is 1.66. The molecule has 1 fully saturated rings. The summed E-state index contributed by atoms with van der Waals surface area (Å²) in [6.45, 7) is 6.70. The fraction of sp³-hybridized carbons (Fsp3) is 0.700. The van der Waals surface area contributed by atoms with E-state index in [1.165, 1.54) is 0 Å². The van der Waals surface area contributed by atoms with Gasteiger partial charge in [-0.3, -0.25) is 4.79 Å². The maximum Gasteiger partial charge on any atom is 0.307 e. The minimum absolute atomic E-state index is 0.00236. The quantitative estimate of drug-likeness (QED) is 0.810. The van der Waals surface area contributed by atoms with E-state index < -0.39 is 5.97 Å². The normalized spacial score (nSPS) is 27.7. The van der Waals surface area contributed by atoms with E-state index in [4.69, 9.17) is 5.11 Å². The average Bonchev–Trinajstić information content (AvgIpc) is 2.58. The second-order valence-electron chi connectivity index (χ2n) is 4.59. The lowest BCUT2D eigenvalue weighted by Gasteiger charge is -2.03. The summed E-state index contributed by atoms with van der Waals surface area (Å²) in [5.74, 6) is -0.269. The highest BCUT2D eigenvalue weighted by Crippen LogP contribution is 2.63. The van der Waals surface area contributed by atoms with Crippen molar-refractivity contribution in [3.05, 3.63) is 12.2 Å². The third kappa shape index (κ3) is 1.33. The molecule has 1 saturated carbocycles. The van der Waals surface area contributed by atoms with Crippen molar-refractivity contribution in [3.8, 4) is 0 Å². The van der Waals surface area contributed by atoms with E-state index in [0.717, 1.165) is 12.4 Å². The third-order valence-corrected chi connectivity index (χ3v) is 3.36.